The van der Waals surface area contributed by atoms with Gasteiger partial charge in [0, 0.05) is 16.3 Å². The SMILES string of the molecule is Cc1ccc(Cl)cc1NC(=O)C(C)Sc1nc(-c2ccccc2)c(C#N)c(=O)[nH]1. The number of benzene rings is 2. The molecule has 0 aliphatic carbocycles. The van der Waals surface area contributed by atoms with E-state index in [1.165, 1.54) is 0 Å². The maximum Gasteiger partial charge on any atom is 0.270 e. The Labute approximate surface area is 177 Å². The van der Waals surface area contributed by atoms with Crippen molar-refractivity contribution in [1.29, 1.82) is 5.26 Å². The number of carbonyl (C=O) groups is 1. The number of hydrogen-bond donors (Lipinski definition) is 2. The third-order valence-electron chi connectivity index (χ3n) is 4.17. The van der Waals surface area contributed by atoms with Gasteiger partial charge in [0.25, 0.3) is 5.56 Å². The number of aromatic amines is 1. The Morgan fingerprint density at radius 1 is 1.28 bits per heavy atom. The normalized spacial score (nSPS) is 11.5. The van der Waals surface area contributed by atoms with Crippen LogP contribution in [0, 0.1) is 18.3 Å². The van der Waals surface area contributed by atoms with Crippen molar-refractivity contribution in [1.82, 2.24) is 9.97 Å². The van der Waals surface area contributed by atoms with Gasteiger partial charge in [0.15, 0.2) is 5.16 Å². The number of nitrogens with one attached hydrogen (secondary N) is 2. The molecule has 0 fully saturated rings. The fraction of sp³-hybridized carbons (Fsp3) is 0.143. The fourth-order valence-corrected chi connectivity index (χ4v) is 3.57. The number of anilines is 1. The van der Waals surface area contributed by atoms with E-state index in [1.54, 1.807) is 43.3 Å². The highest BCUT2D eigenvalue weighted by atomic mass is 35.5. The predicted molar refractivity (Wildman–Crippen MR) is 115 cm³/mol. The molecule has 0 radical (unpaired) electrons. The summed E-state index contributed by atoms with van der Waals surface area (Å²) < 4.78 is 0. The maximum absolute atomic E-state index is 12.6. The molecule has 0 spiro atoms. The van der Waals surface area contributed by atoms with Crippen LogP contribution >= 0.6 is 23.4 Å². The largest absolute Gasteiger partial charge is 0.325 e. The molecule has 1 atom stereocenters. The number of rotatable bonds is 5. The number of nitrogens with zero attached hydrogens (tertiary/aromatic N) is 2. The van der Waals surface area contributed by atoms with Crippen molar-refractivity contribution >= 4 is 35.0 Å². The zero-order valence-corrected chi connectivity index (χ0v) is 17.3. The van der Waals surface area contributed by atoms with Crippen molar-refractivity contribution in [3.05, 3.63) is 75.0 Å². The van der Waals surface area contributed by atoms with E-state index in [9.17, 15) is 14.9 Å². The molecule has 146 valence electrons. The lowest BCUT2D eigenvalue weighted by atomic mass is 10.1. The molecular weight excluding hydrogens is 408 g/mol. The monoisotopic (exact) mass is 424 g/mol. The molecule has 29 heavy (non-hydrogen) atoms. The first kappa shape index (κ1) is 20.6. The van der Waals surface area contributed by atoms with Crippen molar-refractivity contribution in [2.75, 3.05) is 5.32 Å². The molecule has 2 aromatic carbocycles. The molecule has 1 aromatic heterocycles. The summed E-state index contributed by atoms with van der Waals surface area (Å²) in [4.78, 5) is 31.9. The molecule has 1 unspecified atom stereocenters. The number of thioether (sulfide) groups is 1. The Balaban J connectivity index is 1.85. The number of H-pyrrole nitrogens is 1. The lowest BCUT2D eigenvalue weighted by molar-refractivity contribution is -0.115. The molecule has 1 amide bonds. The number of hydrogen-bond acceptors (Lipinski definition) is 5. The second-order valence-electron chi connectivity index (χ2n) is 6.28. The molecule has 6 nitrogen and oxygen atoms in total. The average Bonchev–Trinajstić information content (AvgIpc) is 2.71. The maximum atomic E-state index is 12.6. The lowest BCUT2D eigenvalue weighted by Gasteiger charge is -2.14. The summed E-state index contributed by atoms with van der Waals surface area (Å²) in [6.45, 7) is 3.58. The second kappa shape index (κ2) is 8.95. The Bertz CT molecular complexity index is 1160. The van der Waals surface area contributed by atoms with Crippen LogP contribution in [0.4, 0.5) is 5.69 Å². The van der Waals surface area contributed by atoms with Gasteiger partial charge in [-0.2, -0.15) is 5.26 Å². The van der Waals surface area contributed by atoms with Crippen molar-refractivity contribution in [3.8, 4) is 17.3 Å². The molecule has 0 bridgehead atoms. The second-order valence-corrected chi connectivity index (χ2v) is 8.05. The molecule has 3 aromatic rings. The number of aromatic nitrogens is 2. The summed E-state index contributed by atoms with van der Waals surface area (Å²) in [5.74, 6) is -0.256. The average molecular weight is 425 g/mol. The molecule has 3 rings (SSSR count). The van der Waals surface area contributed by atoms with Crippen LogP contribution in [0.2, 0.25) is 5.02 Å². The minimum atomic E-state index is -0.548. The third-order valence-corrected chi connectivity index (χ3v) is 5.39. The van der Waals surface area contributed by atoms with Crippen LogP contribution in [0.15, 0.2) is 58.5 Å². The molecule has 0 saturated carbocycles. The van der Waals surface area contributed by atoms with Crippen LogP contribution in [-0.4, -0.2) is 21.1 Å². The smallest absolute Gasteiger partial charge is 0.270 e. The summed E-state index contributed by atoms with van der Waals surface area (Å²) in [7, 11) is 0. The van der Waals surface area contributed by atoms with Gasteiger partial charge in [-0.05, 0) is 31.5 Å². The van der Waals surface area contributed by atoms with E-state index in [0.717, 1.165) is 17.3 Å². The third kappa shape index (κ3) is 4.86. The lowest BCUT2D eigenvalue weighted by Crippen LogP contribution is -2.24. The van der Waals surface area contributed by atoms with Gasteiger partial charge < -0.3 is 10.3 Å². The van der Waals surface area contributed by atoms with E-state index < -0.39 is 10.8 Å². The molecule has 0 saturated heterocycles. The quantitative estimate of drug-likeness (QED) is 0.467. The summed E-state index contributed by atoms with van der Waals surface area (Å²) in [6.07, 6.45) is 0. The Kier molecular flexibility index (Phi) is 6.37. The highest BCUT2D eigenvalue weighted by Crippen LogP contribution is 2.26. The minimum absolute atomic E-state index is 0.0628. The van der Waals surface area contributed by atoms with E-state index in [-0.39, 0.29) is 22.3 Å². The highest BCUT2D eigenvalue weighted by molar-refractivity contribution is 8.00. The zero-order valence-electron chi connectivity index (χ0n) is 15.7. The summed E-state index contributed by atoms with van der Waals surface area (Å²) >= 11 is 7.10. The first-order valence-corrected chi connectivity index (χ1v) is 9.98. The first-order valence-electron chi connectivity index (χ1n) is 8.72. The molecule has 0 aliphatic heterocycles. The molecule has 0 aliphatic rings. The van der Waals surface area contributed by atoms with Gasteiger partial charge in [-0.3, -0.25) is 9.59 Å². The number of carbonyl (C=O) groups excluding carboxylic acids is 1. The van der Waals surface area contributed by atoms with Crippen molar-refractivity contribution in [3.63, 3.8) is 0 Å². The molecular formula is C21H17ClN4O2S. The Morgan fingerprint density at radius 2 is 2.00 bits per heavy atom. The summed E-state index contributed by atoms with van der Waals surface area (Å²) in [5.41, 5.74) is 1.85. The van der Waals surface area contributed by atoms with Gasteiger partial charge in [-0.1, -0.05) is 59.8 Å². The summed E-state index contributed by atoms with van der Waals surface area (Å²) in [5, 5.41) is 12.4. The van der Waals surface area contributed by atoms with Gasteiger partial charge in [-0.25, -0.2) is 4.98 Å². The van der Waals surface area contributed by atoms with Crippen LogP contribution in [0.25, 0.3) is 11.3 Å². The Morgan fingerprint density at radius 3 is 2.69 bits per heavy atom. The van der Waals surface area contributed by atoms with Gasteiger partial charge >= 0.3 is 0 Å². The fourth-order valence-electron chi connectivity index (χ4n) is 2.60. The van der Waals surface area contributed by atoms with Crippen molar-refractivity contribution in [2.45, 2.75) is 24.3 Å². The van der Waals surface area contributed by atoms with Crippen LogP contribution < -0.4 is 10.9 Å². The van der Waals surface area contributed by atoms with Gasteiger partial charge in [0.05, 0.1) is 10.9 Å². The van der Waals surface area contributed by atoms with Crippen molar-refractivity contribution in [2.24, 2.45) is 0 Å². The topological polar surface area (TPSA) is 98.6 Å². The van der Waals surface area contributed by atoms with Crippen LogP contribution in [0.3, 0.4) is 0 Å². The predicted octanol–water partition coefficient (Wildman–Crippen LogP) is 4.39. The number of aryl methyl sites for hydroxylation is 1. The van der Waals surface area contributed by atoms with E-state index in [0.29, 0.717) is 16.3 Å². The van der Waals surface area contributed by atoms with Crippen LogP contribution in [0.1, 0.15) is 18.1 Å². The zero-order chi connectivity index (χ0) is 21.0. The molecule has 8 heteroatoms. The van der Waals surface area contributed by atoms with E-state index >= 15 is 0 Å². The molecule has 2 N–H and O–H groups in total. The first-order chi connectivity index (χ1) is 13.9. The van der Waals surface area contributed by atoms with E-state index in [2.05, 4.69) is 15.3 Å². The molecule has 1 heterocycles. The van der Waals surface area contributed by atoms with Crippen LogP contribution in [-0.2, 0) is 4.79 Å². The van der Waals surface area contributed by atoms with Gasteiger partial charge in [-0.15, -0.1) is 0 Å². The number of nitriles is 1. The van der Waals surface area contributed by atoms with E-state index in [4.69, 9.17) is 11.6 Å². The van der Waals surface area contributed by atoms with Gasteiger partial charge in [0.1, 0.15) is 11.6 Å². The number of halogens is 1. The van der Waals surface area contributed by atoms with Crippen molar-refractivity contribution < 1.29 is 4.79 Å². The van der Waals surface area contributed by atoms with E-state index in [1.807, 2.05) is 25.1 Å². The number of amides is 1. The Hall–Kier alpha value is -3.08. The minimum Gasteiger partial charge on any atom is -0.325 e. The highest BCUT2D eigenvalue weighted by Gasteiger charge is 2.19. The van der Waals surface area contributed by atoms with Crippen LogP contribution in [0.5, 0.6) is 0 Å². The standard InChI is InChI=1S/C21H17ClN4O2S/c1-12-8-9-15(22)10-17(12)24-19(27)13(2)29-21-25-18(14-6-4-3-5-7-14)16(11-23)20(28)26-21/h3-10,13H,1-2H3,(H,24,27)(H,25,26,28). The van der Waals surface area contributed by atoms with Gasteiger partial charge in [0.2, 0.25) is 5.91 Å². The summed E-state index contributed by atoms with van der Waals surface area (Å²) in [6, 6.07) is 16.1.